The number of carbonyl (C=O) groups excluding carboxylic acids is 1. The summed E-state index contributed by atoms with van der Waals surface area (Å²) >= 11 is 3.31. The lowest BCUT2D eigenvalue weighted by molar-refractivity contribution is -0.385. The van der Waals surface area contributed by atoms with Gasteiger partial charge in [-0.2, -0.15) is 0 Å². The summed E-state index contributed by atoms with van der Waals surface area (Å²) in [4.78, 5) is 24.4. The average molecular weight is 345 g/mol. The summed E-state index contributed by atoms with van der Waals surface area (Å²) in [6.45, 7) is 4.40. The Labute approximate surface area is 126 Å². The average Bonchev–Trinajstić information content (AvgIpc) is 2.42. The maximum absolute atomic E-state index is 12.4. The van der Waals surface area contributed by atoms with Gasteiger partial charge in [-0.05, 0) is 19.9 Å². The van der Waals surface area contributed by atoms with Crippen LogP contribution in [0.15, 0.2) is 18.2 Å². The molecule has 0 saturated heterocycles. The molecule has 0 saturated carbocycles. The van der Waals surface area contributed by atoms with Crippen LogP contribution in [-0.2, 0) is 0 Å². The fourth-order valence-electron chi connectivity index (χ4n) is 1.81. The van der Waals surface area contributed by atoms with Gasteiger partial charge >= 0.3 is 5.69 Å². The van der Waals surface area contributed by atoms with Gasteiger partial charge in [-0.15, -0.1) is 0 Å². The zero-order valence-electron chi connectivity index (χ0n) is 11.6. The molecule has 6 nitrogen and oxygen atoms in total. The van der Waals surface area contributed by atoms with E-state index in [2.05, 4.69) is 15.9 Å². The van der Waals surface area contributed by atoms with Crippen molar-refractivity contribution in [3.63, 3.8) is 0 Å². The summed E-state index contributed by atoms with van der Waals surface area (Å²) in [5.74, 6) is -0.0870. The third kappa shape index (κ3) is 3.69. The molecule has 0 bridgehead atoms. The number of alkyl halides is 1. The molecule has 7 heteroatoms. The Kier molecular flexibility index (Phi) is 5.94. The third-order valence-corrected chi connectivity index (χ3v) is 3.19. The zero-order chi connectivity index (χ0) is 15.3. The van der Waals surface area contributed by atoms with Gasteiger partial charge in [-0.1, -0.05) is 15.9 Å². The van der Waals surface area contributed by atoms with Crippen LogP contribution in [-0.4, -0.2) is 40.8 Å². The van der Waals surface area contributed by atoms with Crippen molar-refractivity contribution in [2.24, 2.45) is 0 Å². The smallest absolute Gasteiger partial charge is 0.310 e. The van der Waals surface area contributed by atoms with Crippen molar-refractivity contribution in [3.05, 3.63) is 33.9 Å². The first-order valence-corrected chi connectivity index (χ1v) is 7.23. The van der Waals surface area contributed by atoms with E-state index in [4.69, 9.17) is 4.74 Å². The zero-order valence-corrected chi connectivity index (χ0v) is 13.2. The van der Waals surface area contributed by atoms with Crippen molar-refractivity contribution in [1.29, 1.82) is 0 Å². The molecule has 0 spiro atoms. The van der Waals surface area contributed by atoms with Gasteiger partial charge in [-0.25, -0.2) is 0 Å². The normalized spacial score (nSPS) is 10.4. The number of halogens is 1. The Hall–Kier alpha value is -1.63. The summed E-state index contributed by atoms with van der Waals surface area (Å²) in [6.07, 6.45) is 0. The number of methoxy groups -OCH3 is 1. The SMILES string of the molecule is COc1cc(C(=O)N(CCBr)C(C)C)ccc1[N+](=O)[O-]. The molecule has 110 valence electrons. The molecule has 0 unspecified atom stereocenters. The molecule has 0 aliphatic heterocycles. The van der Waals surface area contributed by atoms with Crippen molar-refractivity contribution in [1.82, 2.24) is 4.90 Å². The van der Waals surface area contributed by atoms with Gasteiger partial charge in [0.2, 0.25) is 0 Å². The molecule has 0 N–H and O–H groups in total. The third-order valence-electron chi connectivity index (χ3n) is 2.83. The molecule has 0 aromatic heterocycles. The summed E-state index contributed by atoms with van der Waals surface area (Å²) in [7, 11) is 1.34. The van der Waals surface area contributed by atoms with Crippen LogP contribution >= 0.6 is 15.9 Å². The number of benzene rings is 1. The second-order valence-corrected chi connectivity index (χ2v) is 5.22. The number of nitro groups is 1. The molecule has 1 rings (SSSR count). The first kappa shape index (κ1) is 16.4. The van der Waals surface area contributed by atoms with Crippen LogP contribution in [0.4, 0.5) is 5.69 Å². The number of carbonyl (C=O) groups is 1. The van der Waals surface area contributed by atoms with Crippen LogP contribution in [0.25, 0.3) is 0 Å². The van der Waals surface area contributed by atoms with Gasteiger partial charge in [0.1, 0.15) is 0 Å². The molecule has 0 radical (unpaired) electrons. The van der Waals surface area contributed by atoms with Crippen LogP contribution in [0.1, 0.15) is 24.2 Å². The Morgan fingerprint density at radius 3 is 2.60 bits per heavy atom. The fourth-order valence-corrected chi connectivity index (χ4v) is 2.19. The molecule has 0 atom stereocenters. The first-order valence-electron chi connectivity index (χ1n) is 6.11. The predicted molar refractivity (Wildman–Crippen MR) is 79.6 cm³/mol. The molecule has 20 heavy (non-hydrogen) atoms. The molecule has 1 aromatic carbocycles. The van der Waals surface area contributed by atoms with Gasteiger partial charge in [0.15, 0.2) is 5.75 Å². The number of rotatable bonds is 6. The van der Waals surface area contributed by atoms with Crippen LogP contribution in [0.3, 0.4) is 0 Å². The van der Waals surface area contributed by atoms with Crippen molar-refractivity contribution >= 4 is 27.5 Å². The molecule has 0 heterocycles. The number of ether oxygens (including phenoxy) is 1. The number of nitrogens with zero attached hydrogens (tertiary/aromatic N) is 2. The molecule has 0 fully saturated rings. The predicted octanol–water partition coefficient (Wildman–Crippen LogP) is 2.85. The second-order valence-electron chi connectivity index (χ2n) is 4.43. The van der Waals surface area contributed by atoms with Crippen LogP contribution in [0, 0.1) is 10.1 Å². The summed E-state index contributed by atoms with van der Waals surface area (Å²) < 4.78 is 4.98. The maximum atomic E-state index is 12.4. The number of hydrogen-bond acceptors (Lipinski definition) is 4. The minimum absolute atomic E-state index is 0.0428. The van der Waals surface area contributed by atoms with Gasteiger partial charge in [0, 0.05) is 35.6 Å². The highest BCUT2D eigenvalue weighted by atomic mass is 79.9. The number of amides is 1. The highest BCUT2D eigenvalue weighted by molar-refractivity contribution is 9.09. The monoisotopic (exact) mass is 344 g/mol. The van der Waals surface area contributed by atoms with Crippen molar-refractivity contribution in [2.75, 3.05) is 19.0 Å². The van der Waals surface area contributed by atoms with Crippen LogP contribution in [0.5, 0.6) is 5.75 Å². The van der Waals surface area contributed by atoms with Gasteiger partial charge in [0.25, 0.3) is 5.91 Å². The molecular weight excluding hydrogens is 328 g/mol. The second kappa shape index (κ2) is 7.23. The van der Waals surface area contributed by atoms with Crippen molar-refractivity contribution in [2.45, 2.75) is 19.9 Å². The maximum Gasteiger partial charge on any atom is 0.310 e. The highest BCUT2D eigenvalue weighted by Gasteiger charge is 2.22. The number of hydrogen-bond donors (Lipinski definition) is 0. The lowest BCUT2D eigenvalue weighted by atomic mass is 10.1. The van der Waals surface area contributed by atoms with Gasteiger partial charge in [0.05, 0.1) is 12.0 Å². The van der Waals surface area contributed by atoms with Crippen molar-refractivity contribution < 1.29 is 14.5 Å². The molecule has 1 aromatic rings. The first-order chi connectivity index (χ1) is 9.42. The minimum atomic E-state index is -0.536. The fraction of sp³-hybridized carbons (Fsp3) is 0.462. The van der Waals surface area contributed by atoms with E-state index in [0.717, 1.165) is 0 Å². The van der Waals surface area contributed by atoms with Gasteiger partial charge in [-0.3, -0.25) is 14.9 Å². The van der Waals surface area contributed by atoms with E-state index in [0.29, 0.717) is 17.4 Å². The summed E-state index contributed by atoms with van der Waals surface area (Å²) in [5, 5.41) is 11.5. The number of nitro benzene ring substituents is 1. The standard InChI is InChI=1S/C13H17BrN2O4/c1-9(2)15(7-6-14)13(17)10-4-5-11(16(18)19)12(8-10)20-3/h4-5,8-9H,6-7H2,1-3H3. The van der Waals surface area contributed by atoms with E-state index in [9.17, 15) is 14.9 Å². The van der Waals surface area contributed by atoms with E-state index >= 15 is 0 Å². The van der Waals surface area contributed by atoms with E-state index in [1.807, 2.05) is 13.8 Å². The molecule has 1 amide bonds. The minimum Gasteiger partial charge on any atom is -0.490 e. The van der Waals surface area contributed by atoms with E-state index in [1.54, 1.807) is 4.90 Å². The van der Waals surface area contributed by atoms with E-state index < -0.39 is 4.92 Å². The summed E-state index contributed by atoms with van der Waals surface area (Å²) in [5.41, 5.74) is 0.225. The Bertz CT molecular complexity index is 505. The Balaban J connectivity index is 3.13. The summed E-state index contributed by atoms with van der Waals surface area (Å²) in [6, 6.07) is 4.19. The largest absolute Gasteiger partial charge is 0.490 e. The van der Waals surface area contributed by atoms with Crippen molar-refractivity contribution in [3.8, 4) is 5.75 Å². The van der Waals surface area contributed by atoms with E-state index in [-0.39, 0.29) is 23.4 Å². The van der Waals surface area contributed by atoms with Gasteiger partial charge < -0.3 is 9.64 Å². The lowest BCUT2D eigenvalue weighted by Crippen LogP contribution is -2.38. The van der Waals surface area contributed by atoms with Crippen LogP contribution < -0.4 is 4.74 Å². The molecular formula is C13H17BrN2O4. The molecule has 0 aliphatic carbocycles. The quantitative estimate of drug-likeness (QED) is 0.451. The van der Waals surface area contributed by atoms with E-state index in [1.165, 1.54) is 25.3 Å². The van der Waals surface area contributed by atoms with Crippen LogP contribution in [0.2, 0.25) is 0 Å². The molecule has 0 aliphatic rings. The topological polar surface area (TPSA) is 72.7 Å². The Morgan fingerprint density at radius 1 is 1.50 bits per heavy atom. The highest BCUT2D eigenvalue weighted by Crippen LogP contribution is 2.28. The Morgan fingerprint density at radius 2 is 2.15 bits per heavy atom. The lowest BCUT2D eigenvalue weighted by Gasteiger charge is -2.26.